The van der Waals surface area contributed by atoms with Gasteiger partial charge < -0.3 is 11.1 Å². The van der Waals surface area contributed by atoms with E-state index in [1.807, 2.05) is 0 Å². The van der Waals surface area contributed by atoms with Crippen molar-refractivity contribution < 1.29 is 4.79 Å². The number of amides is 1. The quantitative estimate of drug-likeness (QED) is 0.496. The highest BCUT2D eigenvalue weighted by Gasteiger charge is 1.99. The Bertz CT molecular complexity index is 183. The van der Waals surface area contributed by atoms with E-state index in [-0.39, 0.29) is 5.91 Å². The Morgan fingerprint density at radius 1 is 0.889 bits per heavy atom. The van der Waals surface area contributed by atoms with Crippen molar-refractivity contribution in [3.63, 3.8) is 0 Å². The van der Waals surface area contributed by atoms with Crippen LogP contribution in [-0.2, 0) is 4.79 Å². The topological polar surface area (TPSA) is 55.1 Å². The molecule has 18 heavy (non-hydrogen) atoms. The lowest BCUT2D eigenvalue weighted by atomic mass is 10.1. The number of hydrogen-bond acceptors (Lipinski definition) is 2. The Hall–Kier alpha value is -0.570. The first-order valence-electron chi connectivity index (χ1n) is 7.78. The third-order valence-electron chi connectivity index (χ3n) is 3.21. The highest BCUT2D eigenvalue weighted by atomic mass is 16.1. The Morgan fingerprint density at radius 2 is 1.50 bits per heavy atom. The summed E-state index contributed by atoms with van der Waals surface area (Å²) in [5.41, 5.74) is 5.42. The van der Waals surface area contributed by atoms with Crippen LogP contribution in [0.15, 0.2) is 0 Å². The molecule has 0 fully saturated rings. The largest absolute Gasteiger partial charge is 0.356 e. The minimum atomic E-state index is 0.219. The maximum atomic E-state index is 11.5. The fourth-order valence-corrected chi connectivity index (χ4v) is 2.00. The van der Waals surface area contributed by atoms with Crippen molar-refractivity contribution in [1.29, 1.82) is 0 Å². The van der Waals surface area contributed by atoms with Crippen LogP contribution in [0.5, 0.6) is 0 Å². The molecule has 0 aliphatic rings. The first-order valence-corrected chi connectivity index (χ1v) is 7.78. The number of carbonyl (C=O) groups is 1. The van der Waals surface area contributed by atoms with Gasteiger partial charge in [0, 0.05) is 13.0 Å². The van der Waals surface area contributed by atoms with Crippen molar-refractivity contribution in [2.45, 2.75) is 77.6 Å². The van der Waals surface area contributed by atoms with Crippen molar-refractivity contribution in [3.05, 3.63) is 0 Å². The van der Waals surface area contributed by atoms with Gasteiger partial charge >= 0.3 is 0 Å². The minimum Gasteiger partial charge on any atom is -0.356 e. The molecular weight excluding hydrogens is 224 g/mol. The van der Waals surface area contributed by atoms with E-state index in [0.717, 1.165) is 45.2 Å². The van der Waals surface area contributed by atoms with E-state index >= 15 is 0 Å². The summed E-state index contributed by atoms with van der Waals surface area (Å²) in [6, 6.07) is 0. The van der Waals surface area contributed by atoms with E-state index in [0.29, 0.717) is 6.42 Å². The third kappa shape index (κ3) is 13.5. The molecule has 0 atom stereocenters. The summed E-state index contributed by atoms with van der Waals surface area (Å²) in [5, 5.41) is 3.00. The molecule has 0 aliphatic carbocycles. The van der Waals surface area contributed by atoms with Crippen LogP contribution in [0.4, 0.5) is 0 Å². The molecule has 3 nitrogen and oxygen atoms in total. The van der Waals surface area contributed by atoms with Crippen LogP contribution >= 0.6 is 0 Å². The van der Waals surface area contributed by atoms with Crippen LogP contribution < -0.4 is 11.1 Å². The standard InChI is InChI=1S/C15H32N2O/c1-2-3-4-5-8-11-14-17-15(18)12-9-6-7-10-13-16/h2-14,16H2,1H3,(H,17,18). The third-order valence-corrected chi connectivity index (χ3v) is 3.21. The van der Waals surface area contributed by atoms with Crippen LogP contribution in [0, 0.1) is 0 Å². The number of rotatable bonds is 13. The van der Waals surface area contributed by atoms with E-state index in [1.165, 1.54) is 32.1 Å². The summed E-state index contributed by atoms with van der Waals surface area (Å²) in [6.07, 6.45) is 12.7. The van der Waals surface area contributed by atoms with Gasteiger partial charge in [0.2, 0.25) is 5.91 Å². The van der Waals surface area contributed by atoms with Crippen LogP contribution in [0.3, 0.4) is 0 Å². The van der Waals surface area contributed by atoms with Gasteiger partial charge in [-0.1, -0.05) is 51.9 Å². The first kappa shape index (κ1) is 17.4. The molecule has 0 heterocycles. The Balaban J connectivity index is 3.12. The predicted octanol–water partition coefficient (Wildman–Crippen LogP) is 3.37. The van der Waals surface area contributed by atoms with Gasteiger partial charge in [-0.05, 0) is 25.8 Å². The molecule has 0 aromatic heterocycles. The lowest BCUT2D eigenvalue weighted by Gasteiger charge is -2.05. The van der Waals surface area contributed by atoms with Crippen molar-refractivity contribution in [3.8, 4) is 0 Å². The van der Waals surface area contributed by atoms with Crippen LogP contribution in [0.1, 0.15) is 77.6 Å². The highest BCUT2D eigenvalue weighted by molar-refractivity contribution is 5.75. The number of unbranched alkanes of at least 4 members (excludes halogenated alkanes) is 8. The van der Waals surface area contributed by atoms with Gasteiger partial charge in [-0.2, -0.15) is 0 Å². The molecule has 0 radical (unpaired) electrons. The van der Waals surface area contributed by atoms with E-state index < -0.39 is 0 Å². The summed E-state index contributed by atoms with van der Waals surface area (Å²) in [5.74, 6) is 0.219. The lowest BCUT2D eigenvalue weighted by Crippen LogP contribution is -2.23. The second-order valence-electron chi connectivity index (χ2n) is 5.07. The summed E-state index contributed by atoms with van der Waals surface area (Å²) >= 11 is 0. The second kappa shape index (κ2) is 14.5. The Kier molecular flexibility index (Phi) is 14.0. The molecule has 0 unspecified atom stereocenters. The van der Waals surface area contributed by atoms with Gasteiger partial charge in [-0.25, -0.2) is 0 Å². The molecule has 0 saturated carbocycles. The van der Waals surface area contributed by atoms with Crippen LogP contribution in [-0.4, -0.2) is 19.0 Å². The van der Waals surface area contributed by atoms with Crippen molar-refractivity contribution in [1.82, 2.24) is 5.32 Å². The molecular formula is C15H32N2O. The Labute approximate surface area is 113 Å². The minimum absolute atomic E-state index is 0.219. The maximum absolute atomic E-state index is 11.5. The predicted molar refractivity (Wildman–Crippen MR) is 78.5 cm³/mol. The zero-order chi connectivity index (χ0) is 13.5. The van der Waals surface area contributed by atoms with Crippen molar-refractivity contribution in [2.24, 2.45) is 5.73 Å². The normalized spacial score (nSPS) is 10.6. The van der Waals surface area contributed by atoms with E-state index in [9.17, 15) is 4.79 Å². The first-order chi connectivity index (χ1) is 8.81. The molecule has 3 heteroatoms. The SMILES string of the molecule is CCCCCCCCNC(=O)CCCCCCN. The summed E-state index contributed by atoms with van der Waals surface area (Å²) < 4.78 is 0. The summed E-state index contributed by atoms with van der Waals surface area (Å²) in [4.78, 5) is 11.5. The molecule has 108 valence electrons. The molecule has 0 rings (SSSR count). The van der Waals surface area contributed by atoms with Gasteiger partial charge in [0.25, 0.3) is 0 Å². The average molecular weight is 256 g/mol. The zero-order valence-electron chi connectivity index (χ0n) is 12.2. The van der Waals surface area contributed by atoms with E-state index in [1.54, 1.807) is 0 Å². The second-order valence-corrected chi connectivity index (χ2v) is 5.07. The van der Waals surface area contributed by atoms with Gasteiger partial charge in [-0.3, -0.25) is 4.79 Å². The van der Waals surface area contributed by atoms with Crippen LogP contribution in [0.2, 0.25) is 0 Å². The summed E-state index contributed by atoms with van der Waals surface area (Å²) in [6.45, 7) is 3.85. The summed E-state index contributed by atoms with van der Waals surface area (Å²) in [7, 11) is 0. The number of carbonyl (C=O) groups excluding carboxylic acids is 1. The average Bonchev–Trinajstić information content (AvgIpc) is 2.37. The van der Waals surface area contributed by atoms with E-state index in [4.69, 9.17) is 5.73 Å². The molecule has 0 saturated heterocycles. The fraction of sp³-hybridized carbons (Fsp3) is 0.933. The van der Waals surface area contributed by atoms with Crippen molar-refractivity contribution >= 4 is 5.91 Å². The van der Waals surface area contributed by atoms with Gasteiger partial charge in [0.15, 0.2) is 0 Å². The van der Waals surface area contributed by atoms with E-state index in [2.05, 4.69) is 12.2 Å². The molecule has 0 bridgehead atoms. The maximum Gasteiger partial charge on any atom is 0.219 e. The molecule has 0 aromatic carbocycles. The zero-order valence-corrected chi connectivity index (χ0v) is 12.2. The highest BCUT2D eigenvalue weighted by Crippen LogP contribution is 2.04. The monoisotopic (exact) mass is 256 g/mol. The van der Waals surface area contributed by atoms with Gasteiger partial charge in [0.05, 0.1) is 0 Å². The van der Waals surface area contributed by atoms with Crippen molar-refractivity contribution in [2.75, 3.05) is 13.1 Å². The number of nitrogens with two attached hydrogens (primary N) is 1. The molecule has 0 aliphatic heterocycles. The van der Waals surface area contributed by atoms with Gasteiger partial charge in [-0.15, -0.1) is 0 Å². The molecule has 3 N–H and O–H groups in total. The lowest BCUT2D eigenvalue weighted by molar-refractivity contribution is -0.121. The number of nitrogens with one attached hydrogen (secondary N) is 1. The van der Waals surface area contributed by atoms with Gasteiger partial charge in [0.1, 0.15) is 0 Å². The van der Waals surface area contributed by atoms with Crippen LogP contribution in [0.25, 0.3) is 0 Å². The number of hydrogen-bond donors (Lipinski definition) is 2. The molecule has 0 spiro atoms. The molecule has 1 amide bonds. The Morgan fingerprint density at radius 3 is 2.22 bits per heavy atom. The smallest absolute Gasteiger partial charge is 0.219 e. The molecule has 0 aromatic rings. The fourth-order valence-electron chi connectivity index (χ4n) is 2.00.